The minimum Gasteiger partial charge on any atom is -0.430 e. The van der Waals surface area contributed by atoms with E-state index in [1.54, 1.807) is 16.9 Å². The van der Waals surface area contributed by atoms with Crippen LogP contribution in [0.5, 0.6) is 11.6 Å². The Hall–Kier alpha value is -2.64. The van der Waals surface area contributed by atoms with Crippen molar-refractivity contribution in [2.75, 3.05) is 11.9 Å². The van der Waals surface area contributed by atoms with Gasteiger partial charge in [0.1, 0.15) is 5.82 Å². The highest BCUT2D eigenvalue weighted by atomic mass is 16.6. The van der Waals surface area contributed by atoms with Crippen LogP contribution in [-0.4, -0.2) is 26.2 Å². The van der Waals surface area contributed by atoms with E-state index in [1.807, 2.05) is 13.8 Å². The van der Waals surface area contributed by atoms with E-state index >= 15 is 0 Å². The summed E-state index contributed by atoms with van der Waals surface area (Å²) in [6, 6.07) is 2.92. The van der Waals surface area contributed by atoms with E-state index in [9.17, 15) is 10.1 Å². The first-order valence-corrected chi connectivity index (χ1v) is 6.73. The van der Waals surface area contributed by atoms with Crippen molar-refractivity contribution in [3.8, 4) is 11.6 Å². The summed E-state index contributed by atoms with van der Waals surface area (Å²) in [4.78, 5) is 14.6. The predicted octanol–water partition coefficient (Wildman–Crippen LogP) is 2.82. The van der Waals surface area contributed by atoms with Crippen LogP contribution in [-0.2, 0) is 6.54 Å². The van der Waals surface area contributed by atoms with Gasteiger partial charge in [0.15, 0.2) is 5.75 Å². The Morgan fingerprint density at radius 3 is 2.90 bits per heavy atom. The monoisotopic (exact) mass is 291 g/mol. The lowest BCUT2D eigenvalue weighted by Crippen LogP contribution is -2.02. The van der Waals surface area contributed by atoms with E-state index < -0.39 is 4.92 Å². The van der Waals surface area contributed by atoms with E-state index in [1.165, 1.54) is 12.3 Å². The third-order valence-corrected chi connectivity index (χ3v) is 2.67. The fourth-order valence-corrected chi connectivity index (χ4v) is 1.79. The summed E-state index contributed by atoms with van der Waals surface area (Å²) >= 11 is 0. The molecule has 0 spiro atoms. The van der Waals surface area contributed by atoms with Crippen molar-refractivity contribution in [2.45, 2.75) is 26.8 Å². The lowest BCUT2D eigenvalue weighted by molar-refractivity contribution is -0.386. The summed E-state index contributed by atoms with van der Waals surface area (Å²) in [6.07, 6.45) is 4.14. The van der Waals surface area contributed by atoms with Crippen molar-refractivity contribution < 1.29 is 9.66 Å². The van der Waals surface area contributed by atoms with Crippen LogP contribution in [0.3, 0.4) is 0 Å². The molecule has 0 aromatic carbocycles. The molecule has 112 valence electrons. The molecular formula is C13H17N5O3. The fourth-order valence-electron chi connectivity index (χ4n) is 1.79. The van der Waals surface area contributed by atoms with Crippen LogP contribution in [0.2, 0.25) is 0 Å². The molecule has 0 bridgehead atoms. The van der Waals surface area contributed by atoms with Gasteiger partial charge in [0, 0.05) is 19.2 Å². The smallest absolute Gasteiger partial charge is 0.331 e. The Morgan fingerprint density at radius 2 is 2.24 bits per heavy atom. The second-order valence-electron chi connectivity index (χ2n) is 4.35. The Morgan fingerprint density at radius 1 is 1.43 bits per heavy atom. The second kappa shape index (κ2) is 6.69. The third-order valence-electron chi connectivity index (χ3n) is 2.67. The average Bonchev–Trinajstić information content (AvgIpc) is 2.87. The zero-order valence-corrected chi connectivity index (χ0v) is 11.9. The number of pyridine rings is 1. The summed E-state index contributed by atoms with van der Waals surface area (Å²) in [5.41, 5.74) is -0.181. The predicted molar refractivity (Wildman–Crippen MR) is 77.6 cm³/mol. The van der Waals surface area contributed by atoms with Crippen molar-refractivity contribution in [3.63, 3.8) is 0 Å². The molecule has 0 amide bonds. The first kappa shape index (κ1) is 14.8. The largest absolute Gasteiger partial charge is 0.430 e. The molecule has 21 heavy (non-hydrogen) atoms. The zero-order chi connectivity index (χ0) is 15.2. The zero-order valence-electron chi connectivity index (χ0n) is 11.9. The van der Waals surface area contributed by atoms with E-state index in [0.29, 0.717) is 18.1 Å². The molecule has 0 saturated carbocycles. The molecule has 0 radical (unpaired) electrons. The minimum absolute atomic E-state index is 0.0468. The van der Waals surface area contributed by atoms with E-state index in [-0.39, 0.29) is 11.6 Å². The van der Waals surface area contributed by atoms with Gasteiger partial charge in [0.05, 0.1) is 17.3 Å². The van der Waals surface area contributed by atoms with Gasteiger partial charge in [-0.15, -0.1) is 0 Å². The summed E-state index contributed by atoms with van der Waals surface area (Å²) in [5, 5.41) is 18.1. The van der Waals surface area contributed by atoms with Gasteiger partial charge in [-0.05, 0) is 19.4 Å². The highest BCUT2D eigenvalue weighted by Crippen LogP contribution is 2.30. The topological polar surface area (TPSA) is 95.1 Å². The van der Waals surface area contributed by atoms with E-state index in [2.05, 4.69) is 15.4 Å². The van der Waals surface area contributed by atoms with Crippen LogP contribution in [0, 0.1) is 10.1 Å². The number of aryl methyl sites for hydroxylation is 1. The first-order valence-electron chi connectivity index (χ1n) is 6.73. The van der Waals surface area contributed by atoms with Crippen LogP contribution < -0.4 is 10.1 Å². The highest BCUT2D eigenvalue weighted by molar-refractivity contribution is 5.50. The van der Waals surface area contributed by atoms with Crippen molar-refractivity contribution in [3.05, 3.63) is 34.6 Å². The number of nitrogens with zero attached hydrogens (tertiary/aromatic N) is 4. The molecule has 0 unspecified atom stereocenters. The molecule has 0 fully saturated rings. The van der Waals surface area contributed by atoms with Crippen LogP contribution in [0.15, 0.2) is 24.5 Å². The van der Waals surface area contributed by atoms with Gasteiger partial charge >= 0.3 is 11.6 Å². The Bertz CT molecular complexity index is 626. The van der Waals surface area contributed by atoms with Crippen molar-refractivity contribution >= 4 is 11.5 Å². The molecule has 2 aromatic heterocycles. The number of ether oxygens (including phenoxy) is 1. The number of rotatable bonds is 7. The molecule has 0 aliphatic carbocycles. The maximum atomic E-state index is 11.0. The van der Waals surface area contributed by atoms with Crippen molar-refractivity contribution in [1.82, 2.24) is 14.8 Å². The summed E-state index contributed by atoms with van der Waals surface area (Å²) in [6.45, 7) is 5.38. The normalized spacial score (nSPS) is 10.4. The molecule has 2 heterocycles. The number of anilines is 1. The molecule has 1 N–H and O–H groups in total. The molecule has 8 heteroatoms. The Balaban J connectivity index is 2.26. The van der Waals surface area contributed by atoms with Crippen LogP contribution in [0.4, 0.5) is 11.5 Å². The number of hydrogen-bond donors (Lipinski definition) is 1. The average molecular weight is 291 g/mol. The number of nitrogens with one attached hydrogen (secondary N) is 1. The maximum Gasteiger partial charge on any atom is 0.331 e. The molecular weight excluding hydrogens is 274 g/mol. The maximum absolute atomic E-state index is 11.0. The number of hydrogen-bond acceptors (Lipinski definition) is 6. The third kappa shape index (κ3) is 3.68. The molecule has 0 aliphatic heterocycles. The van der Waals surface area contributed by atoms with Gasteiger partial charge in [-0.1, -0.05) is 6.92 Å². The Kier molecular flexibility index (Phi) is 4.70. The summed E-state index contributed by atoms with van der Waals surface area (Å²) < 4.78 is 7.23. The first-order chi connectivity index (χ1) is 10.1. The van der Waals surface area contributed by atoms with Crippen molar-refractivity contribution in [2.24, 2.45) is 0 Å². The Labute approximate surface area is 121 Å². The SMILES string of the molecule is CCCn1cc(Oc2nc(NCC)ccc2[N+](=O)[O-])cn1. The van der Waals surface area contributed by atoms with Crippen LogP contribution >= 0.6 is 0 Å². The quantitative estimate of drug-likeness (QED) is 0.622. The lowest BCUT2D eigenvalue weighted by Gasteiger charge is -2.06. The molecule has 0 atom stereocenters. The number of aromatic nitrogens is 3. The number of nitro groups is 1. The van der Waals surface area contributed by atoms with Gasteiger partial charge in [-0.2, -0.15) is 10.1 Å². The van der Waals surface area contributed by atoms with E-state index in [0.717, 1.165) is 13.0 Å². The second-order valence-corrected chi connectivity index (χ2v) is 4.35. The molecule has 2 rings (SSSR count). The summed E-state index contributed by atoms with van der Waals surface area (Å²) in [7, 11) is 0. The summed E-state index contributed by atoms with van der Waals surface area (Å²) in [5.74, 6) is 0.904. The molecule has 2 aromatic rings. The fraction of sp³-hybridized carbons (Fsp3) is 0.385. The lowest BCUT2D eigenvalue weighted by atomic mass is 10.4. The van der Waals surface area contributed by atoms with Crippen LogP contribution in [0.25, 0.3) is 0 Å². The van der Waals surface area contributed by atoms with Crippen molar-refractivity contribution in [1.29, 1.82) is 0 Å². The van der Waals surface area contributed by atoms with Crippen LogP contribution in [0.1, 0.15) is 20.3 Å². The molecule has 8 nitrogen and oxygen atoms in total. The highest BCUT2D eigenvalue weighted by Gasteiger charge is 2.19. The van der Waals surface area contributed by atoms with Gasteiger partial charge in [0.2, 0.25) is 0 Å². The molecule has 0 aliphatic rings. The molecule has 0 saturated heterocycles. The van der Waals surface area contributed by atoms with Gasteiger partial charge < -0.3 is 10.1 Å². The van der Waals surface area contributed by atoms with Gasteiger partial charge in [0.25, 0.3) is 0 Å². The minimum atomic E-state index is -0.519. The van der Waals surface area contributed by atoms with E-state index in [4.69, 9.17) is 4.74 Å². The van der Waals surface area contributed by atoms with Gasteiger partial charge in [-0.3, -0.25) is 14.8 Å². The standard InChI is InChI=1S/C13H17N5O3/c1-3-7-17-9-10(8-15-17)21-13-11(18(19)20)5-6-12(16-13)14-4-2/h5-6,8-9H,3-4,7H2,1-2H3,(H,14,16). The van der Waals surface area contributed by atoms with Gasteiger partial charge in [-0.25, -0.2) is 0 Å².